The summed E-state index contributed by atoms with van der Waals surface area (Å²) in [4.78, 5) is 22.5. The van der Waals surface area contributed by atoms with Gasteiger partial charge in [-0.05, 0) is 34.5 Å². The summed E-state index contributed by atoms with van der Waals surface area (Å²) in [6.45, 7) is 0.204. The monoisotopic (exact) mass is 321 g/mol. The number of carbonyl (C=O) groups is 1. The van der Waals surface area contributed by atoms with Crippen molar-refractivity contribution in [3.05, 3.63) is 81.9 Å². The molecule has 0 saturated carbocycles. The number of amides is 1. The Labute approximate surface area is 138 Å². The second-order valence-electron chi connectivity index (χ2n) is 5.38. The Bertz CT molecular complexity index is 938. The Morgan fingerprint density at radius 1 is 1.04 bits per heavy atom. The SMILES string of the molecule is Nc1cc([N+](=O)[O-])ccc1CNC(=O)c1ccc2ccccc2c1. The van der Waals surface area contributed by atoms with E-state index < -0.39 is 4.92 Å². The first-order valence-electron chi connectivity index (χ1n) is 7.34. The van der Waals surface area contributed by atoms with Crippen molar-refractivity contribution >= 4 is 28.1 Å². The van der Waals surface area contributed by atoms with Gasteiger partial charge in [0.2, 0.25) is 0 Å². The van der Waals surface area contributed by atoms with Crippen LogP contribution in [-0.2, 0) is 6.54 Å². The lowest BCUT2D eigenvalue weighted by Gasteiger charge is -2.08. The maximum Gasteiger partial charge on any atom is 0.271 e. The van der Waals surface area contributed by atoms with Crippen molar-refractivity contribution < 1.29 is 9.72 Å². The van der Waals surface area contributed by atoms with E-state index in [1.165, 1.54) is 12.1 Å². The van der Waals surface area contributed by atoms with Crippen LogP contribution in [0.15, 0.2) is 60.7 Å². The number of hydrogen-bond acceptors (Lipinski definition) is 4. The molecule has 0 aliphatic rings. The van der Waals surface area contributed by atoms with Gasteiger partial charge in [-0.15, -0.1) is 0 Å². The van der Waals surface area contributed by atoms with E-state index in [-0.39, 0.29) is 23.8 Å². The molecule has 6 heteroatoms. The normalized spacial score (nSPS) is 10.5. The van der Waals surface area contributed by atoms with E-state index in [9.17, 15) is 14.9 Å². The molecule has 0 unspecified atom stereocenters. The first-order valence-corrected chi connectivity index (χ1v) is 7.34. The third kappa shape index (κ3) is 3.17. The number of fused-ring (bicyclic) bond motifs is 1. The van der Waals surface area contributed by atoms with Crippen LogP contribution in [-0.4, -0.2) is 10.8 Å². The summed E-state index contributed by atoms with van der Waals surface area (Å²) < 4.78 is 0. The summed E-state index contributed by atoms with van der Waals surface area (Å²) in [5.41, 5.74) is 7.20. The van der Waals surface area contributed by atoms with Crippen LogP contribution in [0.25, 0.3) is 10.8 Å². The molecule has 0 aliphatic heterocycles. The van der Waals surface area contributed by atoms with Crippen molar-refractivity contribution in [3.8, 4) is 0 Å². The van der Waals surface area contributed by atoms with E-state index in [1.54, 1.807) is 12.1 Å². The number of non-ortho nitro benzene ring substituents is 1. The van der Waals surface area contributed by atoms with Gasteiger partial charge < -0.3 is 11.1 Å². The number of nitro benzene ring substituents is 1. The molecular weight excluding hydrogens is 306 g/mol. The Balaban J connectivity index is 1.73. The van der Waals surface area contributed by atoms with Crippen LogP contribution in [0.3, 0.4) is 0 Å². The summed E-state index contributed by atoms with van der Waals surface area (Å²) >= 11 is 0. The fourth-order valence-electron chi connectivity index (χ4n) is 2.47. The smallest absolute Gasteiger partial charge is 0.271 e. The van der Waals surface area contributed by atoms with Crippen LogP contribution >= 0.6 is 0 Å². The first kappa shape index (κ1) is 15.5. The van der Waals surface area contributed by atoms with Gasteiger partial charge in [-0.2, -0.15) is 0 Å². The molecule has 0 spiro atoms. The third-order valence-electron chi connectivity index (χ3n) is 3.79. The molecule has 0 atom stereocenters. The minimum Gasteiger partial charge on any atom is -0.398 e. The minimum absolute atomic E-state index is 0.0721. The molecule has 120 valence electrons. The number of carbonyl (C=O) groups excluding carboxylic acids is 1. The predicted octanol–water partition coefficient (Wildman–Crippen LogP) is 3.26. The number of anilines is 1. The lowest BCUT2D eigenvalue weighted by molar-refractivity contribution is -0.384. The zero-order chi connectivity index (χ0) is 17.1. The van der Waals surface area contributed by atoms with Crippen LogP contribution in [0.5, 0.6) is 0 Å². The number of nitrogens with two attached hydrogens (primary N) is 1. The van der Waals surface area contributed by atoms with Gasteiger partial charge in [-0.3, -0.25) is 14.9 Å². The van der Waals surface area contributed by atoms with Gasteiger partial charge in [0.05, 0.1) is 4.92 Å². The summed E-state index contributed by atoms with van der Waals surface area (Å²) in [5.74, 6) is -0.224. The Morgan fingerprint density at radius 2 is 1.79 bits per heavy atom. The molecule has 6 nitrogen and oxygen atoms in total. The van der Waals surface area contributed by atoms with E-state index in [0.29, 0.717) is 11.1 Å². The number of hydrogen-bond donors (Lipinski definition) is 2. The van der Waals surface area contributed by atoms with Gasteiger partial charge in [0.25, 0.3) is 11.6 Å². The highest BCUT2D eigenvalue weighted by molar-refractivity contribution is 5.98. The van der Waals surface area contributed by atoms with Crippen LogP contribution in [0.2, 0.25) is 0 Å². The molecule has 0 fully saturated rings. The summed E-state index contributed by atoms with van der Waals surface area (Å²) in [5, 5.41) is 15.5. The molecule has 3 rings (SSSR count). The molecular formula is C18H15N3O3. The highest BCUT2D eigenvalue weighted by Crippen LogP contribution is 2.20. The molecule has 0 aromatic heterocycles. The number of benzene rings is 3. The third-order valence-corrected chi connectivity index (χ3v) is 3.79. The lowest BCUT2D eigenvalue weighted by Crippen LogP contribution is -2.23. The highest BCUT2D eigenvalue weighted by Gasteiger charge is 2.11. The number of rotatable bonds is 4. The number of nitrogen functional groups attached to an aromatic ring is 1. The van der Waals surface area contributed by atoms with Crippen molar-refractivity contribution in [3.63, 3.8) is 0 Å². The quantitative estimate of drug-likeness (QED) is 0.438. The zero-order valence-corrected chi connectivity index (χ0v) is 12.7. The first-order chi connectivity index (χ1) is 11.5. The molecule has 3 aromatic rings. The maximum atomic E-state index is 12.3. The molecule has 0 bridgehead atoms. The number of nitrogens with one attached hydrogen (secondary N) is 1. The van der Waals surface area contributed by atoms with E-state index in [0.717, 1.165) is 10.8 Å². The Kier molecular flexibility index (Phi) is 4.11. The molecule has 0 aliphatic carbocycles. The Morgan fingerprint density at radius 3 is 2.50 bits per heavy atom. The van der Waals surface area contributed by atoms with Gasteiger partial charge >= 0.3 is 0 Å². The van der Waals surface area contributed by atoms with E-state index in [2.05, 4.69) is 5.32 Å². The second-order valence-corrected chi connectivity index (χ2v) is 5.38. The van der Waals surface area contributed by atoms with Crippen molar-refractivity contribution in [1.82, 2.24) is 5.32 Å². The van der Waals surface area contributed by atoms with Gasteiger partial charge in [0, 0.05) is 29.9 Å². The largest absolute Gasteiger partial charge is 0.398 e. The minimum atomic E-state index is -0.506. The molecule has 0 saturated heterocycles. The Hall–Kier alpha value is -3.41. The summed E-state index contributed by atoms with van der Waals surface area (Å²) in [6.07, 6.45) is 0. The summed E-state index contributed by atoms with van der Waals surface area (Å²) in [6, 6.07) is 17.5. The van der Waals surface area contributed by atoms with Crippen molar-refractivity contribution in [2.24, 2.45) is 0 Å². The molecule has 3 aromatic carbocycles. The van der Waals surface area contributed by atoms with Crippen molar-refractivity contribution in [1.29, 1.82) is 0 Å². The molecule has 0 heterocycles. The topological polar surface area (TPSA) is 98.3 Å². The fraction of sp³-hybridized carbons (Fsp3) is 0.0556. The van der Waals surface area contributed by atoms with E-state index in [1.807, 2.05) is 36.4 Å². The van der Waals surface area contributed by atoms with Crippen LogP contribution in [0.1, 0.15) is 15.9 Å². The predicted molar refractivity (Wildman–Crippen MR) is 92.6 cm³/mol. The van der Waals surface area contributed by atoms with E-state index in [4.69, 9.17) is 5.73 Å². The second kappa shape index (κ2) is 6.37. The van der Waals surface area contributed by atoms with Crippen molar-refractivity contribution in [2.75, 3.05) is 5.73 Å². The number of nitrogens with zero attached hydrogens (tertiary/aromatic N) is 1. The van der Waals surface area contributed by atoms with Crippen LogP contribution in [0.4, 0.5) is 11.4 Å². The molecule has 0 radical (unpaired) electrons. The maximum absolute atomic E-state index is 12.3. The van der Waals surface area contributed by atoms with Crippen molar-refractivity contribution in [2.45, 2.75) is 6.54 Å². The standard InChI is InChI=1S/C18H15N3O3/c19-17-10-16(21(23)24)8-7-15(17)11-20-18(22)14-6-5-12-3-1-2-4-13(12)9-14/h1-10H,11,19H2,(H,20,22). The molecule has 3 N–H and O–H groups in total. The zero-order valence-electron chi connectivity index (χ0n) is 12.7. The fourth-order valence-corrected chi connectivity index (χ4v) is 2.47. The van der Waals surface area contributed by atoms with Gasteiger partial charge in [0.1, 0.15) is 0 Å². The summed E-state index contributed by atoms with van der Waals surface area (Å²) in [7, 11) is 0. The highest BCUT2D eigenvalue weighted by atomic mass is 16.6. The lowest BCUT2D eigenvalue weighted by atomic mass is 10.1. The van der Waals surface area contributed by atoms with Gasteiger partial charge in [-0.1, -0.05) is 30.3 Å². The van der Waals surface area contributed by atoms with Crippen LogP contribution in [0, 0.1) is 10.1 Å². The average Bonchev–Trinajstić information content (AvgIpc) is 2.59. The average molecular weight is 321 g/mol. The molecule has 1 amide bonds. The number of nitro groups is 1. The van der Waals surface area contributed by atoms with Gasteiger partial charge in [-0.25, -0.2) is 0 Å². The van der Waals surface area contributed by atoms with Gasteiger partial charge in [0.15, 0.2) is 0 Å². The van der Waals surface area contributed by atoms with Crippen LogP contribution < -0.4 is 11.1 Å². The molecule has 24 heavy (non-hydrogen) atoms. The van der Waals surface area contributed by atoms with E-state index >= 15 is 0 Å².